The molecule has 0 fully saturated rings. The van der Waals surface area contributed by atoms with Crippen LogP contribution in [0.15, 0.2) is 53.9 Å². The van der Waals surface area contributed by atoms with E-state index >= 15 is 0 Å². The lowest BCUT2D eigenvalue weighted by molar-refractivity contribution is -0.147. The molecule has 1 aliphatic rings. The Morgan fingerprint density at radius 1 is 1.06 bits per heavy atom. The average molecular weight is 457 g/mol. The Labute approximate surface area is 188 Å². The third-order valence-electron chi connectivity index (χ3n) is 5.27. The minimum Gasteiger partial charge on any atom is -0.455 e. The van der Waals surface area contributed by atoms with Crippen LogP contribution < -0.4 is 10.0 Å². The minimum absolute atomic E-state index is 0.227. The smallest absolute Gasteiger partial charge is 0.321 e. The summed E-state index contributed by atoms with van der Waals surface area (Å²) in [4.78, 5) is 24.0. The zero-order valence-corrected chi connectivity index (χ0v) is 18.9. The van der Waals surface area contributed by atoms with Gasteiger partial charge in [0.05, 0.1) is 6.04 Å². The Morgan fingerprint density at radius 2 is 1.78 bits per heavy atom. The summed E-state index contributed by atoms with van der Waals surface area (Å²) in [5.74, 6) is -1.28. The van der Waals surface area contributed by atoms with Gasteiger partial charge in [0.2, 0.25) is 10.0 Å². The normalized spacial score (nSPS) is 14.5. The molecule has 1 amide bonds. The van der Waals surface area contributed by atoms with Crippen LogP contribution in [0.4, 0.5) is 0 Å². The van der Waals surface area contributed by atoms with Crippen LogP contribution in [0.2, 0.25) is 0 Å². The van der Waals surface area contributed by atoms with Crippen molar-refractivity contribution in [2.24, 2.45) is 0 Å². The number of esters is 1. The van der Waals surface area contributed by atoms with Crippen LogP contribution in [0, 0.1) is 0 Å². The molecule has 3 rings (SSSR count). The van der Waals surface area contributed by atoms with Gasteiger partial charge in [-0.15, -0.1) is 0 Å². The first kappa shape index (κ1) is 23.7. The second kappa shape index (κ2) is 11.1. The van der Waals surface area contributed by atoms with Crippen molar-refractivity contribution in [1.29, 1.82) is 0 Å². The lowest BCUT2D eigenvalue weighted by atomic mass is 9.89. The van der Waals surface area contributed by atoms with Gasteiger partial charge in [0.1, 0.15) is 6.54 Å². The molecule has 0 aromatic heterocycles. The third-order valence-corrected chi connectivity index (χ3v) is 6.31. The zero-order chi connectivity index (χ0) is 23.0. The molecule has 1 atom stereocenters. The van der Waals surface area contributed by atoms with E-state index in [0.29, 0.717) is 5.56 Å². The van der Waals surface area contributed by atoms with Crippen molar-refractivity contribution in [3.8, 4) is 0 Å². The van der Waals surface area contributed by atoms with Crippen LogP contribution in [0.3, 0.4) is 0 Å². The molecule has 2 aromatic rings. The number of rotatable bonds is 9. The highest BCUT2D eigenvalue weighted by atomic mass is 32.2. The molecule has 2 aromatic carbocycles. The topological polar surface area (TPSA) is 102 Å². The number of nitrogens with one attached hydrogen (secondary N) is 2. The van der Waals surface area contributed by atoms with Gasteiger partial charge in [-0.1, -0.05) is 48.5 Å². The van der Waals surface area contributed by atoms with Crippen LogP contribution >= 0.6 is 0 Å². The van der Waals surface area contributed by atoms with E-state index in [1.807, 2.05) is 19.1 Å². The number of amides is 1. The van der Waals surface area contributed by atoms with Gasteiger partial charge >= 0.3 is 5.97 Å². The second-order valence-electron chi connectivity index (χ2n) is 7.76. The van der Waals surface area contributed by atoms with Crippen molar-refractivity contribution >= 4 is 28.0 Å². The summed E-state index contributed by atoms with van der Waals surface area (Å²) >= 11 is 0. The van der Waals surface area contributed by atoms with Gasteiger partial charge in [-0.25, -0.2) is 13.1 Å². The number of hydrogen-bond donors (Lipinski definition) is 2. The largest absolute Gasteiger partial charge is 0.455 e. The van der Waals surface area contributed by atoms with Crippen LogP contribution in [-0.4, -0.2) is 33.4 Å². The van der Waals surface area contributed by atoms with Crippen molar-refractivity contribution in [1.82, 2.24) is 10.0 Å². The molecule has 170 valence electrons. The first-order valence-electron chi connectivity index (χ1n) is 10.6. The number of carbonyl (C=O) groups is 2. The maximum Gasteiger partial charge on any atom is 0.321 e. The molecule has 2 N–H and O–H groups in total. The van der Waals surface area contributed by atoms with Crippen LogP contribution in [0.1, 0.15) is 48.1 Å². The van der Waals surface area contributed by atoms with E-state index in [2.05, 4.69) is 22.2 Å². The van der Waals surface area contributed by atoms with Gasteiger partial charge in [-0.2, -0.15) is 0 Å². The molecular formula is C24H28N2O5S. The van der Waals surface area contributed by atoms with Gasteiger partial charge < -0.3 is 10.1 Å². The van der Waals surface area contributed by atoms with Crippen molar-refractivity contribution in [3.05, 3.63) is 76.2 Å². The van der Waals surface area contributed by atoms with Gasteiger partial charge in [-0.05, 0) is 60.9 Å². The van der Waals surface area contributed by atoms with Crippen LogP contribution in [-0.2, 0) is 37.2 Å². The molecule has 0 saturated heterocycles. The van der Waals surface area contributed by atoms with Crippen molar-refractivity contribution in [2.75, 3.05) is 13.2 Å². The predicted octanol–water partition coefficient (Wildman–Crippen LogP) is 2.88. The standard InChI is InChI=1S/C24H28N2O5S/c1-18(21-12-11-20-9-5-6-10-22(20)15-21)26-23(27)17-31-24(28)16-25-32(29,30)14-13-19-7-3-2-4-8-19/h2-4,7-8,11-15,18,25H,5-6,9-10,16-17H2,1H3,(H,26,27)/b14-13+. The molecule has 32 heavy (non-hydrogen) atoms. The third kappa shape index (κ3) is 7.32. The molecular weight excluding hydrogens is 428 g/mol. The summed E-state index contributed by atoms with van der Waals surface area (Å²) in [5.41, 5.74) is 4.41. The van der Waals surface area contributed by atoms with E-state index in [1.54, 1.807) is 24.3 Å². The molecule has 0 aliphatic heterocycles. The number of hydrogen-bond acceptors (Lipinski definition) is 5. The average Bonchev–Trinajstić information content (AvgIpc) is 2.80. The molecule has 0 radical (unpaired) electrons. The van der Waals surface area contributed by atoms with Gasteiger partial charge in [0.15, 0.2) is 6.61 Å². The summed E-state index contributed by atoms with van der Waals surface area (Å²) in [6.07, 6.45) is 5.96. The maximum atomic E-state index is 12.1. The summed E-state index contributed by atoms with van der Waals surface area (Å²) < 4.78 is 30.9. The molecule has 1 unspecified atom stereocenters. The SMILES string of the molecule is CC(NC(=O)COC(=O)CNS(=O)(=O)/C=C/c1ccccc1)c1ccc2c(c1)CCCC2. The monoisotopic (exact) mass is 456 g/mol. The maximum absolute atomic E-state index is 12.1. The molecule has 0 spiro atoms. The fourth-order valence-corrected chi connectivity index (χ4v) is 4.28. The van der Waals surface area contributed by atoms with E-state index in [0.717, 1.165) is 23.8 Å². The quantitative estimate of drug-likeness (QED) is 0.565. The number of aryl methyl sites for hydroxylation is 2. The Balaban J connectivity index is 1.41. The first-order chi connectivity index (χ1) is 15.3. The number of ether oxygens (including phenoxy) is 1. The highest BCUT2D eigenvalue weighted by Crippen LogP contribution is 2.24. The Kier molecular flexibility index (Phi) is 8.19. The summed E-state index contributed by atoms with van der Waals surface area (Å²) in [6, 6.07) is 14.9. The van der Waals surface area contributed by atoms with Crippen molar-refractivity contribution in [3.63, 3.8) is 0 Å². The molecule has 8 heteroatoms. The number of carbonyl (C=O) groups excluding carboxylic acids is 2. The van der Waals surface area contributed by atoms with Crippen molar-refractivity contribution in [2.45, 2.75) is 38.6 Å². The second-order valence-corrected chi connectivity index (χ2v) is 9.42. The van der Waals surface area contributed by atoms with E-state index in [9.17, 15) is 18.0 Å². The molecule has 0 heterocycles. The zero-order valence-electron chi connectivity index (χ0n) is 18.0. The predicted molar refractivity (Wildman–Crippen MR) is 123 cm³/mol. The number of fused-ring (bicyclic) bond motifs is 1. The summed E-state index contributed by atoms with van der Waals surface area (Å²) in [6.45, 7) is 0.836. The first-order valence-corrected chi connectivity index (χ1v) is 12.2. The fourth-order valence-electron chi connectivity index (χ4n) is 3.53. The Morgan fingerprint density at radius 3 is 2.53 bits per heavy atom. The van der Waals surface area contributed by atoms with Crippen LogP contribution in [0.5, 0.6) is 0 Å². The lowest BCUT2D eigenvalue weighted by Crippen LogP contribution is -2.34. The van der Waals surface area contributed by atoms with Gasteiger partial charge in [-0.3, -0.25) is 9.59 Å². The Hall–Kier alpha value is -2.97. The molecule has 0 bridgehead atoms. The van der Waals surface area contributed by atoms with Gasteiger partial charge in [0, 0.05) is 5.41 Å². The highest BCUT2D eigenvalue weighted by molar-refractivity contribution is 7.92. The molecule has 7 nitrogen and oxygen atoms in total. The van der Waals surface area contributed by atoms with Crippen LogP contribution in [0.25, 0.3) is 6.08 Å². The summed E-state index contributed by atoms with van der Waals surface area (Å²) in [7, 11) is -3.81. The lowest BCUT2D eigenvalue weighted by Gasteiger charge is -2.20. The van der Waals surface area contributed by atoms with E-state index in [-0.39, 0.29) is 6.04 Å². The van der Waals surface area contributed by atoms with Crippen molar-refractivity contribution < 1.29 is 22.7 Å². The van der Waals surface area contributed by atoms with Gasteiger partial charge in [0.25, 0.3) is 5.91 Å². The number of sulfonamides is 1. The Bertz CT molecular complexity index is 1080. The van der Waals surface area contributed by atoms with E-state index < -0.39 is 35.1 Å². The summed E-state index contributed by atoms with van der Waals surface area (Å²) in [5, 5.41) is 3.78. The number of benzene rings is 2. The van der Waals surface area contributed by atoms with E-state index in [1.165, 1.54) is 30.0 Å². The minimum atomic E-state index is -3.81. The highest BCUT2D eigenvalue weighted by Gasteiger charge is 2.16. The van der Waals surface area contributed by atoms with E-state index in [4.69, 9.17) is 4.74 Å². The fraction of sp³-hybridized carbons (Fsp3) is 0.333. The molecule has 0 saturated carbocycles. The molecule has 1 aliphatic carbocycles.